The third-order valence-corrected chi connectivity index (χ3v) is 4.45. The molecule has 0 spiro atoms. The van der Waals surface area contributed by atoms with Crippen molar-refractivity contribution in [1.29, 1.82) is 0 Å². The lowest BCUT2D eigenvalue weighted by Crippen LogP contribution is -2.23. The summed E-state index contributed by atoms with van der Waals surface area (Å²) in [5, 5.41) is 6.95. The van der Waals surface area contributed by atoms with E-state index in [1.807, 2.05) is 13.0 Å². The topological polar surface area (TPSA) is 49.8 Å². The molecule has 1 heterocycles. The molecular formula is C19H26N4. The summed E-state index contributed by atoms with van der Waals surface area (Å²) in [4.78, 5) is 9.19. The average molecular weight is 310 g/mol. The molecule has 122 valence electrons. The van der Waals surface area contributed by atoms with E-state index < -0.39 is 0 Å². The Morgan fingerprint density at radius 3 is 2.52 bits per heavy atom. The van der Waals surface area contributed by atoms with E-state index in [1.165, 1.54) is 43.2 Å². The summed E-state index contributed by atoms with van der Waals surface area (Å²) in [6, 6.07) is 8.95. The summed E-state index contributed by atoms with van der Waals surface area (Å²) in [6.45, 7) is 6.21. The molecule has 2 N–H and O–H groups in total. The van der Waals surface area contributed by atoms with Crippen molar-refractivity contribution in [2.75, 3.05) is 10.6 Å². The van der Waals surface area contributed by atoms with Gasteiger partial charge in [-0.2, -0.15) is 4.98 Å². The van der Waals surface area contributed by atoms with Gasteiger partial charge < -0.3 is 10.6 Å². The Labute approximate surface area is 138 Å². The van der Waals surface area contributed by atoms with Gasteiger partial charge in [0.2, 0.25) is 5.95 Å². The monoisotopic (exact) mass is 310 g/mol. The van der Waals surface area contributed by atoms with E-state index in [-0.39, 0.29) is 0 Å². The fourth-order valence-electron chi connectivity index (χ4n) is 3.15. The number of benzene rings is 1. The minimum absolute atomic E-state index is 0.548. The number of hydrogen-bond acceptors (Lipinski definition) is 4. The molecule has 1 aromatic heterocycles. The molecule has 0 amide bonds. The van der Waals surface area contributed by atoms with Crippen LogP contribution in [-0.2, 0) is 0 Å². The Bertz CT molecular complexity index is 675. The van der Waals surface area contributed by atoms with Gasteiger partial charge in [0.1, 0.15) is 5.82 Å². The predicted molar refractivity (Wildman–Crippen MR) is 96.5 cm³/mol. The molecule has 1 saturated carbocycles. The normalized spacial score (nSPS) is 15.4. The molecule has 0 bridgehead atoms. The number of aromatic nitrogens is 2. The van der Waals surface area contributed by atoms with Gasteiger partial charge in [0.25, 0.3) is 0 Å². The molecule has 23 heavy (non-hydrogen) atoms. The molecular weight excluding hydrogens is 284 g/mol. The minimum Gasteiger partial charge on any atom is -0.367 e. The second-order valence-electron chi connectivity index (χ2n) is 6.64. The standard InChI is InChI=1S/C19H26N4/c1-13-9-10-14(2)17(11-13)22-19-20-15(3)12-18(23-19)21-16-7-5-4-6-8-16/h9-12,16H,4-8H2,1-3H3,(H2,20,21,22,23). The minimum atomic E-state index is 0.548. The van der Waals surface area contributed by atoms with Crippen molar-refractivity contribution in [1.82, 2.24) is 9.97 Å². The van der Waals surface area contributed by atoms with Gasteiger partial charge in [-0.1, -0.05) is 31.4 Å². The van der Waals surface area contributed by atoms with Gasteiger partial charge in [-0.15, -0.1) is 0 Å². The SMILES string of the molecule is Cc1ccc(C)c(Nc2nc(C)cc(NC3CCCCC3)n2)c1. The van der Waals surface area contributed by atoms with Crippen molar-refractivity contribution in [2.24, 2.45) is 0 Å². The molecule has 1 aliphatic rings. The van der Waals surface area contributed by atoms with E-state index in [1.54, 1.807) is 0 Å². The van der Waals surface area contributed by atoms with E-state index in [0.717, 1.165) is 17.2 Å². The number of aryl methyl sites for hydroxylation is 3. The molecule has 3 rings (SSSR count). The lowest BCUT2D eigenvalue weighted by molar-refractivity contribution is 0.462. The number of nitrogens with one attached hydrogen (secondary N) is 2. The molecule has 1 aromatic carbocycles. The molecule has 0 atom stereocenters. The molecule has 4 nitrogen and oxygen atoms in total. The first-order valence-corrected chi connectivity index (χ1v) is 8.56. The lowest BCUT2D eigenvalue weighted by Gasteiger charge is -2.23. The summed E-state index contributed by atoms with van der Waals surface area (Å²) < 4.78 is 0. The van der Waals surface area contributed by atoms with Crippen LogP contribution in [0.5, 0.6) is 0 Å². The van der Waals surface area contributed by atoms with Crippen LogP contribution in [-0.4, -0.2) is 16.0 Å². The van der Waals surface area contributed by atoms with Crippen molar-refractivity contribution in [2.45, 2.75) is 58.9 Å². The van der Waals surface area contributed by atoms with Gasteiger partial charge in [0.15, 0.2) is 0 Å². The maximum absolute atomic E-state index is 4.66. The van der Waals surface area contributed by atoms with Crippen LogP contribution in [0.15, 0.2) is 24.3 Å². The van der Waals surface area contributed by atoms with Gasteiger partial charge >= 0.3 is 0 Å². The smallest absolute Gasteiger partial charge is 0.229 e. The molecule has 0 aliphatic heterocycles. The highest BCUT2D eigenvalue weighted by molar-refractivity contribution is 5.60. The Morgan fingerprint density at radius 1 is 0.957 bits per heavy atom. The highest BCUT2D eigenvalue weighted by Crippen LogP contribution is 2.23. The molecule has 4 heteroatoms. The quantitative estimate of drug-likeness (QED) is 0.844. The van der Waals surface area contributed by atoms with Crippen molar-refractivity contribution in [3.8, 4) is 0 Å². The molecule has 0 saturated heterocycles. The molecule has 1 aliphatic carbocycles. The van der Waals surface area contributed by atoms with Crippen LogP contribution in [0.2, 0.25) is 0 Å². The number of hydrogen-bond donors (Lipinski definition) is 2. The number of nitrogens with zero attached hydrogens (tertiary/aromatic N) is 2. The largest absolute Gasteiger partial charge is 0.367 e. The van der Waals surface area contributed by atoms with Gasteiger partial charge in [-0.25, -0.2) is 4.98 Å². The Hall–Kier alpha value is -2.10. The van der Waals surface area contributed by atoms with Crippen LogP contribution < -0.4 is 10.6 Å². The summed E-state index contributed by atoms with van der Waals surface area (Å²) in [5.41, 5.74) is 4.47. The number of rotatable bonds is 4. The Balaban J connectivity index is 1.78. The van der Waals surface area contributed by atoms with Crippen LogP contribution >= 0.6 is 0 Å². The maximum atomic E-state index is 4.66. The summed E-state index contributed by atoms with van der Waals surface area (Å²) >= 11 is 0. The van der Waals surface area contributed by atoms with Gasteiger partial charge in [0.05, 0.1) is 0 Å². The summed E-state index contributed by atoms with van der Waals surface area (Å²) in [5.74, 6) is 1.59. The first kappa shape index (κ1) is 15.8. The molecule has 0 radical (unpaired) electrons. The molecule has 2 aromatic rings. The molecule has 0 unspecified atom stereocenters. The second-order valence-corrected chi connectivity index (χ2v) is 6.64. The highest BCUT2D eigenvalue weighted by atomic mass is 15.1. The van der Waals surface area contributed by atoms with E-state index >= 15 is 0 Å². The van der Waals surface area contributed by atoms with Gasteiger partial charge in [-0.3, -0.25) is 0 Å². The Morgan fingerprint density at radius 2 is 1.74 bits per heavy atom. The third-order valence-electron chi connectivity index (χ3n) is 4.45. The van der Waals surface area contributed by atoms with Crippen LogP contribution in [0.3, 0.4) is 0 Å². The number of anilines is 3. The van der Waals surface area contributed by atoms with E-state index in [9.17, 15) is 0 Å². The van der Waals surface area contributed by atoms with Crippen LogP contribution in [0.4, 0.5) is 17.5 Å². The van der Waals surface area contributed by atoms with E-state index in [2.05, 4.69) is 52.6 Å². The highest BCUT2D eigenvalue weighted by Gasteiger charge is 2.14. The van der Waals surface area contributed by atoms with E-state index in [0.29, 0.717) is 12.0 Å². The maximum Gasteiger partial charge on any atom is 0.229 e. The zero-order valence-electron chi connectivity index (χ0n) is 14.3. The lowest BCUT2D eigenvalue weighted by atomic mass is 9.95. The van der Waals surface area contributed by atoms with Crippen LogP contribution in [0.1, 0.15) is 48.9 Å². The van der Waals surface area contributed by atoms with Crippen LogP contribution in [0.25, 0.3) is 0 Å². The van der Waals surface area contributed by atoms with Crippen molar-refractivity contribution in [3.63, 3.8) is 0 Å². The zero-order valence-corrected chi connectivity index (χ0v) is 14.3. The zero-order chi connectivity index (χ0) is 16.2. The Kier molecular flexibility index (Phi) is 4.79. The summed E-state index contributed by atoms with van der Waals surface area (Å²) in [7, 11) is 0. The fourth-order valence-corrected chi connectivity index (χ4v) is 3.15. The first-order chi connectivity index (χ1) is 11.1. The predicted octanol–water partition coefficient (Wildman–Crippen LogP) is 4.89. The first-order valence-electron chi connectivity index (χ1n) is 8.56. The van der Waals surface area contributed by atoms with Crippen molar-refractivity contribution >= 4 is 17.5 Å². The van der Waals surface area contributed by atoms with Crippen molar-refractivity contribution < 1.29 is 0 Å². The van der Waals surface area contributed by atoms with Gasteiger partial charge in [-0.05, 0) is 50.8 Å². The third kappa shape index (κ3) is 4.21. The summed E-state index contributed by atoms with van der Waals surface area (Å²) in [6.07, 6.45) is 6.47. The average Bonchev–Trinajstić information content (AvgIpc) is 2.51. The van der Waals surface area contributed by atoms with E-state index in [4.69, 9.17) is 0 Å². The van der Waals surface area contributed by atoms with Crippen LogP contribution in [0, 0.1) is 20.8 Å². The van der Waals surface area contributed by atoms with Crippen molar-refractivity contribution in [3.05, 3.63) is 41.1 Å². The molecule has 1 fully saturated rings. The second kappa shape index (κ2) is 6.99. The fraction of sp³-hybridized carbons (Fsp3) is 0.474. The van der Waals surface area contributed by atoms with Gasteiger partial charge in [0, 0.05) is 23.5 Å².